The summed E-state index contributed by atoms with van der Waals surface area (Å²) in [4.78, 5) is 17.7. The van der Waals surface area contributed by atoms with Gasteiger partial charge in [0.2, 0.25) is 0 Å². The summed E-state index contributed by atoms with van der Waals surface area (Å²) in [5.74, 6) is -0.882. The van der Waals surface area contributed by atoms with Crippen molar-refractivity contribution in [1.29, 1.82) is 0 Å². The lowest BCUT2D eigenvalue weighted by Gasteiger charge is -2.06. The second-order valence-corrected chi connectivity index (χ2v) is 4.42. The van der Waals surface area contributed by atoms with Gasteiger partial charge in [-0.2, -0.15) is 0 Å². The van der Waals surface area contributed by atoms with E-state index in [9.17, 15) is 14.5 Å². The summed E-state index contributed by atoms with van der Waals surface area (Å²) >= 11 is 11.2. The highest BCUT2D eigenvalue weighted by atomic mass is 35.5. The van der Waals surface area contributed by atoms with Crippen LogP contribution in [-0.4, -0.2) is 14.9 Å². The van der Waals surface area contributed by atoms with Gasteiger partial charge in [-0.15, -0.1) is 0 Å². The van der Waals surface area contributed by atoms with Gasteiger partial charge in [-0.1, -0.05) is 29.3 Å². The highest BCUT2D eigenvalue weighted by molar-refractivity contribution is 6.33. The van der Waals surface area contributed by atoms with Gasteiger partial charge in [0, 0.05) is 17.7 Å². The van der Waals surface area contributed by atoms with E-state index in [1.54, 1.807) is 13.0 Å². The van der Waals surface area contributed by atoms with Crippen LogP contribution in [0.25, 0.3) is 11.4 Å². The van der Waals surface area contributed by atoms with Crippen LogP contribution in [0.5, 0.6) is 0 Å². The van der Waals surface area contributed by atoms with Gasteiger partial charge in [0.25, 0.3) is 5.69 Å². The van der Waals surface area contributed by atoms with E-state index in [-0.39, 0.29) is 11.5 Å². The first-order valence-electron chi connectivity index (χ1n) is 5.04. The van der Waals surface area contributed by atoms with Gasteiger partial charge in [0.05, 0.1) is 4.92 Å². The van der Waals surface area contributed by atoms with Crippen LogP contribution < -0.4 is 0 Å². The van der Waals surface area contributed by atoms with Gasteiger partial charge < -0.3 is 0 Å². The van der Waals surface area contributed by atoms with E-state index in [4.69, 9.17) is 23.2 Å². The third-order valence-electron chi connectivity index (χ3n) is 2.44. The number of halogens is 3. The van der Waals surface area contributed by atoms with Gasteiger partial charge in [-0.05, 0) is 12.5 Å². The van der Waals surface area contributed by atoms with E-state index >= 15 is 0 Å². The highest BCUT2D eigenvalue weighted by Gasteiger charge is 2.16. The topological polar surface area (TPSA) is 68.9 Å². The quantitative estimate of drug-likeness (QED) is 0.480. The van der Waals surface area contributed by atoms with Crippen molar-refractivity contribution < 1.29 is 9.31 Å². The van der Waals surface area contributed by atoms with E-state index in [1.807, 2.05) is 0 Å². The first-order valence-corrected chi connectivity index (χ1v) is 5.79. The summed E-state index contributed by atoms with van der Waals surface area (Å²) < 4.78 is 13.2. The summed E-state index contributed by atoms with van der Waals surface area (Å²) in [6.45, 7) is 1.72. The molecule has 0 aliphatic carbocycles. The lowest BCUT2D eigenvalue weighted by atomic mass is 10.1. The number of hydrogen-bond acceptors (Lipinski definition) is 4. The van der Waals surface area contributed by atoms with Crippen LogP contribution in [0.4, 0.5) is 10.1 Å². The molecule has 5 nitrogen and oxygen atoms in total. The fraction of sp³-hybridized carbons (Fsp3) is 0.0909. The third kappa shape index (κ3) is 2.64. The second-order valence-electron chi connectivity index (χ2n) is 3.70. The Kier molecular flexibility index (Phi) is 3.64. The summed E-state index contributed by atoms with van der Waals surface area (Å²) in [6, 6.07) is 4.18. The Bertz CT molecular complexity index is 656. The maximum Gasteiger partial charge on any atom is 0.270 e. The molecule has 2 aromatic rings. The Hall–Kier alpha value is -1.79. The molecule has 0 bridgehead atoms. The molecule has 0 amide bonds. The highest BCUT2D eigenvalue weighted by Crippen LogP contribution is 2.28. The lowest BCUT2D eigenvalue weighted by molar-refractivity contribution is -0.384. The number of nitro groups is 1. The van der Waals surface area contributed by atoms with Crippen LogP contribution in [0.15, 0.2) is 18.2 Å². The zero-order valence-corrected chi connectivity index (χ0v) is 11.0. The zero-order chi connectivity index (χ0) is 14.2. The third-order valence-corrected chi connectivity index (χ3v) is 2.94. The minimum atomic E-state index is -0.921. The normalized spacial score (nSPS) is 10.5. The van der Waals surface area contributed by atoms with E-state index in [1.165, 1.54) is 12.1 Å². The Morgan fingerprint density at radius 3 is 2.37 bits per heavy atom. The summed E-state index contributed by atoms with van der Waals surface area (Å²) in [5.41, 5.74) is 0.933. The number of aromatic nitrogens is 2. The van der Waals surface area contributed by atoms with Crippen molar-refractivity contribution in [3.63, 3.8) is 0 Å². The smallest absolute Gasteiger partial charge is 0.258 e. The summed E-state index contributed by atoms with van der Waals surface area (Å²) in [7, 11) is 0. The Morgan fingerprint density at radius 2 is 1.84 bits per heavy atom. The lowest BCUT2D eigenvalue weighted by Crippen LogP contribution is -1.97. The number of benzene rings is 1. The van der Waals surface area contributed by atoms with Crippen LogP contribution in [0, 0.1) is 22.9 Å². The van der Waals surface area contributed by atoms with Crippen LogP contribution >= 0.6 is 23.2 Å². The molecular weight excluding hydrogens is 296 g/mol. The molecule has 0 aliphatic rings. The molecule has 8 heteroatoms. The molecule has 0 atom stereocenters. The minimum Gasteiger partial charge on any atom is -0.258 e. The number of aryl methyl sites for hydroxylation is 1. The Labute approximate surface area is 117 Å². The number of nitrogens with zero attached hydrogens (tertiary/aromatic N) is 3. The van der Waals surface area contributed by atoms with Gasteiger partial charge in [0.1, 0.15) is 0 Å². The maximum absolute atomic E-state index is 13.2. The van der Waals surface area contributed by atoms with Crippen LogP contribution in [0.3, 0.4) is 0 Å². The SMILES string of the molecule is Cc1ccc([N+](=O)[O-])cc1-c1nc(Cl)c(F)c(Cl)n1. The van der Waals surface area contributed by atoms with E-state index in [0.717, 1.165) is 0 Å². The van der Waals surface area contributed by atoms with E-state index in [0.29, 0.717) is 11.1 Å². The monoisotopic (exact) mass is 301 g/mol. The largest absolute Gasteiger partial charge is 0.270 e. The fourth-order valence-electron chi connectivity index (χ4n) is 1.48. The molecule has 0 unspecified atom stereocenters. The van der Waals surface area contributed by atoms with Crippen molar-refractivity contribution in [2.24, 2.45) is 0 Å². The molecular formula is C11H6Cl2FN3O2. The molecule has 0 fully saturated rings. The van der Waals surface area contributed by atoms with E-state index in [2.05, 4.69) is 9.97 Å². The zero-order valence-electron chi connectivity index (χ0n) is 9.52. The van der Waals surface area contributed by atoms with Gasteiger partial charge in [0.15, 0.2) is 21.9 Å². The van der Waals surface area contributed by atoms with Crippen molar-refractivity contribution in [1.82, 2.24) is 9.97 Å². The molecule has 0 N–H and O–H groups in total. The van der Waals surface area contributed by atoms with E-state index < -0.39 is 21.0 Å². The summed E-state index contributed by atoms with van der Waals surface area (Å²) in [5, 5.41) is 9.88. The number of nitro benzene ring substituents is 1. The number of hydrogen-bond donors (Lipinski definition) is 0. The molecule has 0 saturated carbocycles. The molecule has 0 spiro atoms. The molecule has 98 valence electrons. The first-order chi connectivity index (χ1) is 8.90. The number of rotatable bonds is 2. The fourth-order valence-corrected chi connectivity index (χ4v) is 1.87. The standard InChI is InChI=1S/C11H6Cl2FN3O2/c1-5-2-3-6(17(18)19)4-7(5)11-15-9(12)8(14)10(13)16-11/h2-4H,1H3. The average molecular weight is 302 g/mol. The Balaban J connectivity index is 2.64. The second kappa shape index (κ2) is 5.07. The molecule has 0 saturated heterocycles. The molecule has 1 aromatic carbocycles. The van der Waals surface area contributed by atoms with Gasteiger partial charge >= 0.3 is 0 Å². The van der Waals surface area contributed by atoms with Crippen molar-refractivity contribution in [3.05, 3.63) is 50.0 Å². The molecule has 2 rings (SSSR count). The van der Waals surface area contributed by atoms with Crippen molar-refractivity contribution in [2.75, 3.05) is 0 Å². The van der Waals surface area contributed by atoms with Crippen molar-refractivity contribution in [2.45, 2.75) is 6.92 Å². The molecule has 19 heavy (non-hydrogen) atoms. The first kappa shape index (κ1) is 13.6. The van der Waals surface area contributed by atoms with Crippen molar-refractivity contribution >= 4 is 28.9 Å². The Morgan fingerprint density at radius 1 is 1.26 bits per heavy atom. The van der Waals surface area contributed by atoms with Crippen LogP contribution in [-0.2, 0) is 0 Å². The average Bonchev–Trinajstić information content (AvgIpc) is 2.35. The van der Waals surface area contributed by atoms with Crippen LogP contribution in [0.1, 0.15) is 5.56 Å². The predicted molar refractivity (Wildman–Crippen MR) is 68.8 cm³/mol. The molecule has 1 heterocycles. The molecule has 1 aromatic heterocycles. The molecule has 0 radical (unpaired) electrons. The van der Waals surface area contributed by atoms with Gasteiger partial charge in [-0.3, -0.25) is 10.1 Å². The van der Waals surface area contributed by atoms with Crippen LogP contribution in [0.2, 0.25) is 10.3 Å². The molecule has 0 aliphatic heterocycles. The van der Waals surface area contributed by atoms with Crippen molar-refractivity contribution in [3.8, 4) is 11.4 Å². The minimum absolute atomic E-state index is 0.0394. The number of non-ortho nitro benzene ring substituents is 1. The predicted octanol–water partition coefficient (Wildman–Crippen LogP) is 3.81. The summed E-state index contributed by atoms with van der Waals surface area (Å²) in [6.07, 6.45) is 0. The maximum atomic E-state index is 13.2. The van der Waals surface area contributed by atoms with Gasteiger partial charge in [-0.25, -0.2) is 14.4 Å².